The Hall–Kier alpha value is -2.41. The number of methoxy groups -OCH3 is 1. The maximum atomic E-state index is 12.3. The molecule has 0 aliphatic heterocycles. The number of aromatic nitrogens is 2. The number of benzene rings is 1. The van der Waals surface area contributed by atoms with Gasteiger partial charge in [-0.15, -0.1) is 0 Å². The van der Waals surface area contributed by atoms with Gasteiger partial charge < -0.3 is 14.6 Å². The number of hydrogen-bond donors (Lipinski definition) is 1. The van der Waals surface area contributed by atoms with Crippen molar-refractivity contribution in [3.63, 3.8) is 0 Å². The first kappa shape index (κ1) is 18.9. The summed E-state index contributed by atoms with van der Waals surface area (Å²) in [6, 6.07) is 7.07. The smallest absolute Gasteiger partial charge is 0.243 e. The second-order valence-electron chi connectivity index (χ2n) is 7.08. The van der Waals surface area contributed by atoms with Gasteiger partial charge in [-0.25, -0.2) is 0 Å². The number of rotatable bonds is 6. The number of amides is 1. The number of carbonyl (C=O) groups is 1. The predicted octanol–water partition coefficient (Wildman–Crippen LogP) is 3.01. The third kappa shape index (κ3) is 5.03. The van der Waals surface area contributed by atoms with Crippen LogP contribution in [-0.2, 0) is 10.2 Å². The van der Waals surface area contributed by atoms with Gasteiger partial charge in [0.05, 0.1) is 19.7 Å². The van der Waals surface area contributed by atoms with Gasteiger partial charge in [-0.05, 0) is 26.1 Å². The highest BCUT2D eigenvalue weighted by molar-refractivity contribution is 5.92. The van der Waals surface area contributed by atoms with Crippen molar-refractivity contribution in [1.29, 1.82) is 0 Å². The minimum atomic E-state index is -0.177. The summed E-state index contributed by atoms with van der Waals surface area (Å²) in [5.74, 6) is 1.73. The van der Waals surface area contributed by atoms with Crippen molar-refractivity contribution in [2.24, 2.45) is 0 Å². The van der Waals surface area contributed by atoms with Gasteiger partial charge in [0.15, 0.2) is 5.82 Å². The van der Waals surface area contributed by atoms with E-state index in [9.17, 15) is 4.79 Å². The Morgan fingerprint density at radius 1 is 1.40 bits per heavy atom. The molecule has 25 heavy (non-hydrogen) atoms. The molecule has 1 amide bonds. The van der Waals surface area contributed by atoms with E-state index < -0.39 is 0 Å². The molecular weight excluding hydrogens is 320 g/mol. The molecule has 1 N–H and O–H groups in total. The summed E-state index contributed by atoms with van der Waals surface area (Å²) < 4.78 is 10.5. The Kier molecular flexibility index (Phi) is 5.79. The summed E-state index contributed by atoms with van der Waals surface area (Å²) in [4.78, 5) is 18.6. The summed E-state index contributed by atoms with van der Waals surface area (Å²) in [5, 5.41) is 6.89. The topological polar surface area (TPSA) is 80.5 Å². The monoisotopic (exact) mass is 346 g/mol. The van der Waals surface area contributed by atoms with Crippen LogP contribution in [-0.4, -0.2) is 41.6 Å². The Morgan fingerprint density at radius 2 is 2.12 bits per heavy atom. The Morgan fingerprint density at radius 3 is 2.72 bits per heavy atom. The molecule has 0 bridgehead atoms. The highest BCUT2D eigenvalue weighted by Crippen LogP contribution is 2.23. The van der Waals surface area contributed by atoms with Gasteiger partial charge in [0.25, 0.3) is 0 Å². The molecule has 2 aromatic rings. The van der Waals surface area contributed by atoms with Gasteiger partial charge in [-0.1, -0.05) is 32.0 Å². The second kappa shape index (κ2) is 7.65. The van der Waals surface area contributed by atoms with Gasteiger partial charge >= 0.3 is 0 Å². The molecule has 1 aromatic carbocycles. The van der Waals surface area contributed by atoms with E-state index in [0.717, 1.165) is 0 Å². The van der Waals surface area contributed by atoms with Crippen molar-refractivity contribution in [2.45, 2.75) is 39.2 Å². The molecule has 1 heterocycles. The molecule has 0 aliphatic rings. The summed E-state index contributed by atoms with van der Waals surface area (Å²) >= 11 is 0. The third-order valence-electron chi connectivity index (χ3n) is 3.88. The standard InChI is InChI=1S/C18H26N4O3/c1-12(16-20-17(21-25-16)18(2,3)4)22(5)11-15(23)19-13-8-7-9-14(10-13)24-6/h7-10,12H,11H2,1-6H3,(H,19,23). The van der Waals surface area contributed by atoms with E-state index in [4.69, 9.17) is 9.26 Å². The fourth-order valence-electron chi connectivity index (χ4n) is 2.16. The predicted molar refractivity (Wildman–Crippen MR) is 95.7 cm³/mol. The molecule has 0 radical (unpaired) electrons. The van der Waals surface area contributed by atoms with Crippen LogP contribution >= 0.6 is 0 Å². The van der Waals surface area contributed by atoms with Crippen LogP contribution in [0.3, 0.4) is 0 Å². The van der Waals surface area contributed by atoms with Crippen molar-refractivity contribution < 1.29 is 14.1 Å². The number of nitrogens with one attached hydrogen (secondary N) is 1. The molecule has 0 aliphatic carbocycles. The number of nitrogens with zero attached hydrogens (tertiary/aromatic N) is 3. The lowest BCUT2D eigenvalue weighted by Gasteiger charge is -2.21. The lowest BCUT2D eigenvalue weighted by atomic mass is 9.96. The molecule has 136 valence electrons. The van der Waals surface area contributed by atoms with Crippen LogP contribution in [0.4, 0.5) is 5.69 Å². The molecule has 1 unspecified atom stereocenters. The first-order chi connectivity index (χ1) is 11.7. The second-order valence-corrected chi connectivity index (χ2v) is 7.08. The highest BCUT2D eigenvalue weighted by Gasteiger charge is 2.25. The Labute approximate surface area is 148 Å². The summed E-state index contributed by atoms with van der Waals surface area (Å²) in [6.07, 6.45) is 0. The number of anilines is 1. The molecular formula is C18H26N4O3. The Balaban J connectivity index is 1.97. The minimum absolute atomic E-state index is 0.127. The van der Waals surface area contributed by atoms with Crippen molar-refractivity contribution in [3.8, 4) is 5.75 Å². The molecule has 0 saturated carbocycles. The molecule has 0 saturated heterocycles. The zero-order chi connectivity index (χ0) is 18.6. The quantitative estimate of drug-likeness (QED) is 0.866. The zero-order valence-corrected chi connectivity index (χ0v) is 15.7. The molecule has 2 rings (SSSR count). The van der Waals surface area contributed by atoms with Crippen LogP contribution in [0.5, 0.6) is 5.75 Å². The number of likely N-dealkylation sites (N-methyl/N-ethyl adjacent to an activating group) is 1. The minimum Gasteiger partial charge on any atom is -0.497 e. The molecule has 7 nitrogen and oxygen atoms in total. The van der Waals surface area contributed by atoms with Crippen molar-refractivity contribution in [3.05, 3.63) is 36.0 Å². The number of ether oxygens (including phenoxy) is 1. The zero-order valence-electron chi connectivity index (χ0n) is 15.7. The molecule has 0 fully saturated rings. The highest BCUT2D eigenvalue weighted by atomic mass is 16.5. The van der Waals surface area contributed by atoms with Crippen LogP contribution in [0.2, 0.25) is 0 Å². The molecule has 7 heteroatoms. The van der Waals surface area contributed by atoms with Gasteiger partial charge in [0.1, 0.15) is 5.75 Å². The van der Waals surface area contributed by atoms with E-state index in [1.165, 1.54) is 0 Å². The van der Waals surface area contributed by atoms with Crippen molar-refractivity contribution >= 4 is 11.6 Å². The SMILES string of the molecule is COc1cccc(NC(=O)CN(C)C(C)c2nc(C(C)(C)C)no2)c1. The van der Waals surface area contributed by atoms with Gasteiger partial charge in [-0.2, -0.15) is 4.98 Å². The van der Waals surface area contributed by atoms with Crippen LogP contribution in [0.25, 0.3) is 0 Å². The number of carbonyl (C=O) groups excluding carboxylic acids is 1. The molecule has 1 aromatic heterocycles. The Bertz CT molecular complexity index is 721. The third-order valence-corrected chi connectivity index (χ3v) is 3.88. The van der Waals surface area contributed by atoms with Crippen molar-refractivity contribution in [2.75, 3.05) is 26.0 Å². The molecule has 0 spiro atoms. The maximum absolute atomic E-state index is 12.3. The number of hydrogen-bond acceptors (Lipinski definition) is 6. The fourth-order valence-corrected chi connectivity index (χ4v) is 2.16. The van der Waals surface area contributed by atoms with Crippen LogP contribution in [0, 0.1) is 0 Å². The van der Waals surface area contributed by atoms with Gasteiger partial charge in [0, 0.05) is 17.2 Å². The van der Waals surface area contributed by atoms with Crippen LogP contribution < -0.4 is 10.1 Å². The largest absolute Gasteiger partial charge is 0.497 e. The van der Waals surface area contributed by atoms with Gasteiger partial charge in [0.2, 0.25) is 11.8 Å². The maximum Gasteiger partial charge on any atom is 0.243 e. The normalized spacial score (nSPS) is 12.9. The first-order valence-corrected chi connectivity index (χ1v) is 8.19. The average Bonchev–Trinajstić information content (AvgIpc) is 3.04. The van der Waals surface area contributed by atoms with E-state index in [1.807, 2.05) is 57.8 Å². The van der Waals surface area contributed by atoms with E-state index in [-0.39, 0.29) is 23.9 Å². The fraction of sp³-hybridized carbons (Fsp3) is 0.500. The average molecular weight is 346 g/mol. The van der Waals surface area contributed by atoms with Crippen molar-refractivity contribution in [1.82, 2.24) is 15.0 Å². The van der Waals surface area contributed by atoms with Gasteiger partial charge in [-0.3, -0.25) is 9.69 Å². The lowest BCUT2D eigenvalue weighted by molar-refractivity contribution is -0.117. The van der Waals surface area contributed by atoms with E-state index in [0.29, 0.717) is 23.2 Å². The summed E-state index contributed by atoms with van der Waals surface area (Å²) in [7, 11) is 3.43. The van der Waals surface area contributed by atoms with E-state index in [2.05, 4.69) is 15.5 Å². The summed E-state index contributed by atoms with van der Waals surface area (Å²) in [5.41, 5.74) is 0.516. The lowest BCUT2D eigenvalue weighted by Crippen LogP contribution is -2.32. The van der Waals surface area contributed by atoms with E-state index >= 15 is 0 Å². The molecule has 1 atom stereocenters. The van der Waals surface area contributed by atoms with Crippen LogP contribution in [0.15, 0.2) is 28.8 Å². The van der Waals surface area contributed by atoms with Crippen LogP contribution in [0.1, 0.15) is 45.5 Å². The van der Waals surface area contributed by atoms with E-state index in [1.54, 1.807) is 13.2 Å². The first-order valence-electron chi connectivity index (χ1n) is 8.19. The summed E-state index contributed by atoms with van der Waals surface area (Å²) in [6.45, 7) is 8.21.